The minimum Gasteiger partial charge on any atom is -0.480 e. The molecule has 2 atom stereocenters. The van der Waals surface area contributed by atoms with Gasteiger partial charge in [0, 0.05) is 38.5 Å². The molecule has 1 saturated carbocycles. The normalized spacial score (nSPS) is 25.7. The molecule has 0 bridgehead atoms. The van der Waals surface area contributed by atoms with E-state index in [1.165, 1.54) is 4.31 Å². The average Bonchev–Trinajstić information content (AvgIpc) is 3.37. The smallest absolute Gasteiger partial charge is 0.325 e. The van der Waals surface area contributed by atoms with Gasteiger partial charge in [0.2, 0.25) is 5.91 Å². The molecule has 1 aliphatic carbocycles. The highest BCUT2D eigenvalue weighted by molar-refractivity contribution is 7.87. The molecule has 1 aromatic rings. The molecule has 1 amide bonds. The van der Waals surface area contributed by atoms with E-state index < -0.39 is 27.6 Å². The fourth-order valence-corrected chi connectivity index (χ4v) is 5.24. The number of benzene rings is 1. The topological polar surface area (TPSA) is 107 Å². The highest BCUT2D eigenvalue weighted by Gasteiger charge is 2.63. The Hall–Kier alpha value is -1.97. The molecule has 9 heteroatoms. The standard InChI is InChI=1S/C19H27N3O5S/c1-14(2)12-17(23)21-8-10-22(11-9-21)28(26,27)20-19(18(24)25)13-16(19)15-6-4-3-5-7-15/h3-7,14,16,20H,8-13H2,1-2H3,(H,24,25)/t16-,19-/m0/s1. The Morgan fingerprint density at radius 3 is 2.32 bits per heavy atom. The van der Waals surface area contributed by atoms with Crippen LogP contribution in [0.2, 0.25) is 0 Å². The molecule has 0 unspecified atom stereocenters. The third kappa shape index (κ3) is 4.21. The summed E-state index contributed by atoms with van der Waals surface area (Å²) in [6, 6.07) is 9.06. The molecule has 8 nitrogen and oxygen atoms in total. The Bertz CT molecular complexity index is 834. The maximum Gasteiger partial charge on any atom is 0.325 e. The van der Waals surface area contributed by atoms with Gasteiger partial charge in [0.25, 0.3) is 10.2 Å². The van der Waals surface area contributed by atoms with Gasteiger partial charge in [-0.3, -0.25) is 9.59 Å². The van der Waals surface area contributed by atoms with E-state index in [-0.39, 0.29) is 31.3 Å². The molecule has 1 saturated heterocycles. The Balaban J connectivity index is 1.65. The first-order chi connectivity index (χ1) is 13.2. The van der Waals surface area contributed by atoms with E-state index in [1.807, 2.05) is 44.2 Å². The van der Waals surface area contributed by atoms with Crippen molar-refractivity contribution >= 4 is 22.1 Å². The van der Waals surface area contributed by atoms with Crippen LogP contribution in [0.5, 0.6) is 0 Å². The number of amides is 1. The summed E-state index contributed by atoms with van der Waals surface area (Å²) in [6.07, 6.45) is 0.657. The lowest BCUT2D eigenvalue weighted by molar-refractivity contribution is -0.140. The van der Waals surface area contributed by atoms with Crippen LogP contribution >= 0.6 is 0 Å². The van der Waals surface area contributed by atoms with Gasteiger partial charge in [-0.15, -0.1) is 0 Å². The number of carbonyl (C=O) groups is 2. The van der Waals surface area contributed by atoms with E-state index in [0.29, 0.717) is 19.5 Å². The van der Waals surface area contributed by atoms with Gasteiger partial charge in [-0.25, -0.2) is 0 Å². The number of piperazine rings is 1. The highest BCUT2D eigenvalue weighted by Crippen LogP contribution is 2.52. The Kier molecular flexibility index (Phi) is 5.79. The average molecular weight is 410 g/mol. The van der Waals surface area contributed by atoms with Crippen LogP contribution in [0, 0.1) is 5.92 Å². The number of carbonyl (C=O) groups excluding carboxylic acids is 1. The molecule has 3 rings (SSSR count). The first-order valence-corrected chi connectivity index (χ1v) is 10.9. The summed E-state index contributed by atoms with van der Waals surface area (Å²) in [7, 11) is -3.97. The lowest BCUT2D eigenvalue weighted by atomic mass is 10.1. The zero-order chi connectivity index (χ0) is 20.5. The van der Waals surface area contributed by atoms with Gasteiger partial charge in [-0.1, -0.05) is 44.2 Å². The summed E-state index contributed by atoms with van der Waals surface area (Å²) in [5.74, 6) is -1.30. The molecule has 28 heavy (non-hydrogen) atoms. The van der Waals surface area contributed by atoms with Crippen LogP contribution in [-0.2, 0) is 19.8 Å². The summed E-state index contributed by atoms with van der Waals surface area (Å²) in [5, 5.41) is 9.70. The Morgan fingerprint density at radius 1 is 1.18 bits per heavy atom. The monoisotopic (exact) mass is 409 g/mol. The van der Waals surface area contributed by atoms with Crippen molar-refractivity contribution in [3.05, 3.63) is 35.9 Å². The molecule has 2 aliphatic rings. The summed E-state index contributed by atoms with van der Waals surface area (Å²) in [5.41, 5.74) is -0.707. The van der Waals surface area contributed by atoms with Crippen molar-refractivity contribution in [3.63, 3.8) is 0 Å². The number of nitrogens with zero attached hydrogens (tertiary/aromatic N) is 2. The van der Waals surface area contributed by atoms with Crippen LogP contribution in [0.15, 0.2) is 30.3 Å². The number of hydrogen-bond donors (Lipinski definition) is 2. The minimum absolute atomic E-state index is 0.0216. The summed E-state index contributed by atoms with van der Waals surface area (Å²) < 4.78 is 29.3. The first-order valence-electron chi connectivity index (χ1n) is 9.51. The molecule has 0 aromatic heterocycles. The molecule has 0 spiro atoms. The fourth-order valence-electron chi connectivity index (χ4n) is 3.69. The second-order valence-corrected chi connectivity index (χ2v) is 9.60. The first kappa shape index (κ1) is 20.8. The van der Waals surface area contributed by atoms with Crippen molar-refractivity contribution in [2.75, 3.05) is 26.2 Å². The van der Waals surface area contributed by atoms with E-state index >= 15 is 0 Å². The van der Waals surface area contributed by atoms with E-state index in [2.05, 4.69) is 4.72 Å². The summed E-state index contributed by atoms with van der Waals surface area (Å²) in [6.45, 7) is 4.87. The van der Waals surface area contributed by atoms with Crippen LogP contribution in [0.1, 0.15) is 38.2 Å². The van der Waals surface area contributed by atoms with Crippen molar-refractivity contribution < 1.29 is 23.1 Å². The Labute approximate surface area is 165 Å². The molecule has 2 fully saturated rings. The van der Waals surface area contributed by atoms with E-state index in [1.54, 1.807) is 4.90 Å². The number of carboxylic acids is 1. The molecule has 1 heterocycles. The second kappa shape index (κ2) is 7.81. The van der Waals surface area contributed by atoms with E-state index in [4.69, 9.17) is 0 Å². The quantitative estimate of drug-likeness (QED) is 0.699. The van der Waals surface area contributed by atoms with Gasteiger partial charge in [0.1, 0.15) is 5.54 Å². The van der Waals surface area contributed by atoms with E-state index in [9.17, 15) is 23.1 Å². The zero-order valence-electron chi connectivity index (χ0n) is 16.2. The number of hydrogen-bond acceptors (Lipinski definition) is 4. The Morgan fingerprint density at radius 2 is 1.79 bits per heavy atom. The number of nitrogens with one attached hydrogen (secondary N) is 1. The SMILES string of the molecule is CC(C)CC(=O)N1CCN(S(=O)(=O)N[C@@]2(C(=O)O)C[C@H]2c2ccccc2)CC1. The molecule has 1 aliphatic heterocycles. The van der Waals surface area contributed by atoms with Crippen LogP contribution < -0.4 is 4.72 Å². The van der Waals surface area contributed by atoms with Crippen molar-refractivity contribution in [3.8, 4) is 0 Å². The zero-order valence-corrected chi connectivity index (χ0v) is 17.0. The lowest BCUT2D eigenvalue weighted by Crippen LogP contribution is -2.56. The third-order valence-corrected chi connectivity index (χ3v) is 7.04. The van der Waals surface area contributed by atoms with Crippen molar-refractivity contribution in [1.82, 2.24) is 13.9 Å². The second-order valence-electron chi connectivity index (χ2n) is 7.93. The maximum absolute atomic E-state index is 12.8. The van der Waals surface area contributed by atoms with Gasteiger partial charge in [0.15, 0.2) is 0 Å². The highest BCUT2D eigenvalue weighted by atomic mass is 32.2. The van der Waals surface area contributed by atoms with Crippen LogP contribution in [-0.4, -0.2) is 66.3 Å². The molecule has 1 aromatic carbocycles. The van der Waals surface area contributed by atoms with Gasteiger partial charge < -0.3 is 10.0 Å². The third-order valence-electron chi connectivity index (χ3n) is 5.37. The molecule has 154 valence electrons. The largest absolute Gasteiger partial charge is 0.480 e. The van der Waals surface area contributed by atoms with Crippen molar-refractivity contribution in [2.24, 2.45) is 5.92 Å². The number of carboxylic acid groups (broad SMARTS) is 1. The van der Waals surface area contributed by atoms with Gasteiger partial charge in [0.05, 0.1) is 0 Å². The van der Waals surface area contributed by atoms with Gasteiger partial charge in [-0.05, 0) is 17.9 Å². The number of aliphatic carboxylic acids is 1. The van der Waals surface area contributed by atoms with Gasteiger partial charge >= 0.3 is 5.97 Å². The lowest BCUT2D eigenvalue weighted by Gasteiger charge is -2.35. The van der Waals surface area contributed by atoms with Crippen molar-refractivity contribution in [2.45, 2.75) is 38.1 Å². The molecular weight excluding hydrogens is 382 g/mol. The van der Waals surface area contributed by atoms with Crippen LogP contribution in [0.3, 0.4) is 0 Å². The van der Waals surface area contributed by atoms with Gasteiger partial charge in [-0.2, -0.15) is 17.4 Å². The summed E-state index contributed by atoms with van der Waals surface area (Å²) >= 11 is 0. The number of rotatable bonds is 7. The van der Waals surface area contributed by atoms with Crippen molar-refractivity contribution in [1.29, 1.82) is 0 Å². The molecule has 0 radical (unpaired) electrons. The van der Waals surface area contributed by atoms with E-state index in [0.717, 1.165) is 5.56 Å². The molecular formula is C19H27N3O5S. The predicted molar refractivity (Wildman–Crippen MR) is 104 cm³/mol. The minimum atomic E-state index is -3.97. The maximum atomic E-state index is 12.8. The molecule has 2 N–H and O–H groups in total. The summed E-state index contributed by atoms with van der Waals surface area (Å²) in [4.78, 5) is 25.7. The predicted octanol–water partition coefficient (Wildman–Crippen LogP) is 1.02. The fraction of sp³-hybridized carbons (Fsp3) is 0.579. The van der Waals surface area contributed by atoms with Crippen LogP contribution in [0.4, 0.5) is 0 Å². The van der Waals surface area contributed by atoms with Crippen LogP contribution in [0.25, 0.3) is 0 Å².